The summed E-state index contributed by atoms with van der Waals surface area (Å²) in [6.45, 7) is 2.50. The van der Waals surface area contributed by atoms with Crippen LogP contribution in [0.1, 0.15) is 25.3 Å². The van der Waals surface area contributed by atoms with Crippen LogP contribution in [-0.2, 0) is 6.54 Å². The number of hydrogen-bond donors (Lipinski definition) is 3. The van der Waals surface area contributed by atoms with Crippen LogP contribution in [0.15, 0.2) is 24.3 Å². The van der Waals surface area contributed by atoms with Gasteiger partial charge in [0, 0.05) is 13.1 Å². The fourth-order valence-corrected chi connectivity index (χ4v) is 2.10. The third kappa shape index (κ3) is 4.13. The van der Waals surface area contributed by atoms with Crippen LogP contribution in [0.4, 0.5) is 4.79 Å². The Morgan fingerprint density at radius 2 is 2.00 bits per heavy atom. The van der Waals surface area contributed by atoms with Gasteiger partial charge in [-0.3, -0.25) is 0 Å². The number of ether oxygens (including phenoxy) is 1. The van der Waals surface area contributed by atoms with E-state index < -0.39 is 5.60 Å². The predicted molar refractivity (Wildman–Crippen MR) is 76.6 cm³/mol. The second-order valence-corrected chi connectivity index (χ2v) is 5.52. The molecule has 0 unspecified atom stereocenters. The van der Waals surface area contributed by atoms with Gasteiger partial charge in [-0.25, -0.2) is 4.79 Å². The van der Waals surface area contributed by atoms with Crippen LogP contribution >= 0.6 is 0 Å². The quantitative estimate of drug-likeness (QED) is 0.741. The van der Waals surface area contributed by atoms with Gasteiger partial charge in [0.05, 0.1) is 12.7 Å². The first-order chi connectivity index (χ1) is 9.51. The summed E-state index contributed by atoms with van der Waals surface area (Å²) in [6, 6.07) is 7.25. The molecule has 2 amide bonds. The second-order valence-electron chi connectivity index (χ2n) is 5.52. The van der Waals surface area contributed by atoms with Crippen LogP contribution in [-0.4, -0.2) is 30.4 Å². The Hall–Kier alpha value is -1.75. The Morgan fingerprint density at radius 3 is 2.55 bits per heavy atom. The molecule has 5 nitrogen and oxygen atoms in total. The summed E-state index contributed by atoms with van der Waals surface area (Å²) in [5.41, 5.74) is 0.201. The van der Waals surface area contributed by atoms with E-state index in [1.54, 1.807) is 14.0 Å². The molecular formula is C15H22N2O3. The van der Waals surface area contributed by atoms with Gasteiger partial charge in [0.15, 0.2) is 0 Å². The molecule has 0 aliphatic heterocycles. The van der Waals surface area contributed by atoms with E-state index in [0.29, 0.717) is 12.5 Å². The molecule has 20 heavy (non-hydrogen) atoms. The average molecular weight is 278 g/mol. The minimum Gasteiger partial charge on any atom is -0.497 e. The Balaban J connectivity index is 1.71. The Bertz CT molecular complexity index is 453. The molecule has 1 aromatic rings. The van der Waals surface area contributed by atoms with Gasteiger partial charge >= 0.3 is 6.03 Å². The van der Waals surface area contributed by atoms with E-state index >= 15 is 0 Å². The number of benzene rings is 1. The molecule has 0 spiro atoms. The lowest BCUT2D eigenvalue weighted by Crippen LogP contribution is -2.45. The maximum atomic E-state index is 11.7. The molecule has 0 aromatic heterocycles. The van der Waals surface area contributed by atoms with Crippen LogP contribution in [0.5, 0.6) is 5.75 Å². The van der Waals surface area contributed by atoms with Gasteiger partial charge in [0.25, 0.3) is 0 Å². The molecule has 5 heteroatoms. The highest BCUT2D eigenvalue weighted by molar-refractivity contribution is 5.73. The van der Waals surface area contributed by atoms with Crippen molar-refractivity contribution in [1.29, 1.82) is 0 Å². The van der Waals surface area contributed by atoms with Crippen molar-refractivity contribution in [3.05, 3.63) is 29.8 Å². The monoisotopic (exact) mass is 278 g/mol. The summed E-state index contributed by atoms with van der Waals surface area (Å²) in [6.07, 6.45) is 2.09. The van der Waals surface area contributed by atoms with Gasteiger partial charge in [0.2, 0.25) is 0 Å². The Morgan fingerprint density at radius 1 is 1.35 bits per heavy atom. The highest BCUT2D eigenvalue weighted by atomic mass is 16.5. The van der Waals surface area contributed by atoms with E-state index in [4.69, 9.17) is 4.74 Å². The van der Waals surface area contributed by atoms with E-state index in [0.717, 1.165) is 24.2 Å². The minimum absolute atomic E-state index is 0.262. The molecule has 0 bridgehead atoms. The number of urea groups is 1. The fourth-order valence-electron chi connectivity index (χ4n) is 2.10. The lowest BCUT2D eigenvalue weighted by Gasteiger charge is -2.23. The molecule has 1 atom stereocenters. The zero-order valence-corrected chi connectivity index (χ0v) is 12.0. The molecule has 1 aliphatic rings. The normalized spacial score (nSPS) is 17.1. The van der Waals surface area contributed by atoms with Gasteiger partial charge in [0.1, 0.15) is 5.75 Å². The van der Waals surface area contributed by atoms with Crippen molar-refractivity contribution in [2.45, 2.75) is 31.9 Å². The first-order valence-corrected chi connectivity index (χ1v) is 6.88. The molecule has 1 fully saturated rings. The van der Waals surface area contributed by atoms with E-state index in [-0.39, 0.29) is 12.6 Å². The van der Waals surface area contributed by atoms with Crippen molar-refractivity contribution >= 4 is 6.03 Å². The summed E-state index contributed by atoms with van der Waals surface area (Å²) in [4.78, 5) is 11.7. The summed E-state index contributed by atoms with van der Waals surface area (Å²) < 4.78 is 5.07. The standard InChI is InChI=1S/C15H22N2O3/c1-15(19,12-5-6-12)10-17-14(18)16-9-11-3-7-13(20-2)8-4-11/h3-4,7-8,12,19H,5-6,9-10H2,1-2H3,(H2,16,17,18)/t15-/m1/s1. The number of aliphatic hydroxyl groups is 1. The van der Waals surface area contributed by atoms with Gasteiger partial charge in [-0.05, 0) is 43.4 Å². The zero-order valence-electron chi connectivity index (χ0n) is 12.0. The maximum absolute atomic E-state index is 11.7. The first kappa shape index (κ1) is 14.7. The largest absolute Gasteiger partial charge is 0.497 e. The number of carbonyl (C=O) groups is 1. The molecule has 2 rings (SSSR count). The SMILES string of the molecule is COc1ccc(CNC(=O)NC[C@@](C)(O)C2CC2)cc1. The van der Waals surface area contributed by atoms with Crippen LogP contribution < -0.4 is 15.4 Å². The topological polar surface area (TPSA) is 70.6 Å². The minimum atomic E-state index is -0.794. The van der Waals surface area contributed by atoms with Crippen molar-refractivity contribution in [3.63, 3.8) is 0 Å². The van der Waals surface area contributed by atoms with Crippen molar-refractivity contribution in [3.8, 4) is 5.75 Å². The molecule has 3 N–H and O–H groups in total. The summed E-state index contributed by atoms with van der Waals surface area (Å²) in [7, 11) is 1.62. The Kier molecular flexibility index (Phi) is 4.49. The highest BCUT2D eigenvalue weighted by Crippen LogP contribution is 2.38. The van der Waals surface area contributed by atoms with Gasteiger partial charge in [-0.1, -0.05) is 12.1 Å². The molecule has 0 saturated heterocycles. The van der Waals surface area contributed by atoms with Gasteiger partial charge < -0.3 is 20.5 Å². The van der Waals surface area contributed by atoms with Crippen molar-refractivity contribution < 1.29 is 14.6 Å². The first-order valence-electron chi connectivity index (χ1n) is 6.88. The number of methoxy groups -OCH3 is 1. The molecule has 110 valence electrons. The summed E-state index contributed by atoms with van der Waals surface area (Å²) in [5, 5.41) is 15.6. The van der Waals surface area contributed by atoms with E-state index in [9.17, 15) is 9.90 Å². The van der Waals surface area contributed by atoms with Gasteiger partial charge in [-0.2, -0.15) is 0 Å². The predicted octanol–water partition coefficient (Wildman–Crippen LogP) is 1.66. The zero-order chi connectivity index (χ0) is 14.6. The molecular weight excluding hydrogens is 256 g/mol. The van der Waals surface area contributed by atoms with E-state index in [2.05, 4.69) is 10.6 Å². The average Bonchev–Trinajstić information content (AvgIpc) is 3.28. The maximum Gasteiger partial charge on any atom is 0.315 e. The highest BCUT2D eigenvalue weighted by Gasteiger charge is 2.39. The van der Waals surface area contributed by atoms with Crippen LogP contribution in [0.25, 0.3) is 0 Å². The molecule has 0 heterocycles. The van der Waals surface area contributed by atoms with Gasteiger partial charge in [-0.15, -0.1) is 0 Å². The summed E-state index contributed by atoms with van der Waals surface area (Å²) >= 11 is 0. The van der Waals surface area contributed by atoms with Crippen LogP contribution in [0, 0.1) is 5.92 Å². The number of amides is 2. The lowest BCUT2D eigenvalue weighted by atomic mass is 10.0. The second kappa shape index (κ2) is 6.13. The van der Waals surface area contributed by atoms with Crippen molar-refractivity contribution in [2.24, 2.45) is 5.92 Å². The molecule has 1 aromatic carbocycles. The van der Waals surface area contributed by atoms with E-state index in [1.165, 1.54) is 0 Å². The number of carbonyl (C=O) groups excluding carboxylic acids is 1. The van der Waals surface area contributed by atoms with E-state index in [1.807, 2.05) is 24.3 Å². The molecule has 1 aliphatic carbocycles. The number of hydrogen-bond acceptors (Lipinski definition) is 3. The third-order valence-electron chi connectivity index (χ3n) is 3.68. The van der Waals surface area contributed by atoms with Crippen LogP contribution in [0.3, 0.4) is 0 Å². The van der Waals surface area contributed by atoms with Crippen molar-refractivity contribution in [1.82, 2.24) is 10.6 Å². The lowest BCUT2D eigenvalue weighted by molar-refractivity contribution is 0.0394. The fraction of sp³-hybridized carbons (Fsp3) is 0.533. The third-order valence-corrected chi connectivity index (χ3v) is 3.68. The Labute approximate surface area is 119 Å². The summed E-state index contributed by atoms with van der Waals surface area (Å²) in [5.74, 6) is 1.11. The molecule has 0 radical (unpaired) electrons. The number of nitrogens with one attached hydrogen (secondary N) is 2. The number of rotatable bonds is 6. The smallest absolute Gasteiger partial charge is 0.315 e. The molecule has 1 saturated carbocycles. The van der Waals surface area contributed by atoms with Crippen molar-refractivity contribution in [2.75, 3.05) is 13.7 Å². The van der Waals surface area contributed by atoms with Crippen LogP contribution in [0.2, 0.25) is 0 Å².